The smallest absolute Gasteiger partial charge is 0.242 e. The molecule has 0 radical (unpaired) electrons. The van der Waals surface area contributed by atoms with E-state index in [0.717, 1.165) is 37.8 Å². The van der Waals surface area contributed by atoms with Crippen molar-refractivity contribution in [3.63, 3.8) is 0 Å². The Morgan fingerprint density at radius 3 is 2.43 bits per heavy atom. The highest BCUT2D eigenvalue weighted by Crippen LogP contribution is 2.16. The summed E-state index contributed by atoms with van der Waals surface area (Å²) in [6, 6.07) is 9.59. The summed E-state index contributed by atoms with van der Waals surface area (Å²) in [7, 11) is -1.87. The highest BCUT2D eigenvalue weighted by molar-refractivity contribution is 14.0. The summed E-state index contributed by atoms with van der Waals surface area (Å²) < 4.78 is 40.0. The summed E-state index contributed by atoms with van der Waals surface area (Å²) in [5.74, 6) is 0.487. The Bertz CT molecular complexity index is 920. The summed E-state index contributed by atoms with van der Waals surface area (Å²) >= 11 is 0. The van der Waals surface area contributed by atoms with Crippen LogP contribution in [0, 0.1) is 5.82 Å². The lowest BCUT2D eigenvalue weighted by molar-refractivity contribution is 0.373. The second kappa shape index (κ2) is 11.4. The average Bonchev–Trinajstić information content (AvgIpc) is 2.75. The maximum Gasteiger partial charge on any atom is 0.242 e. The number of nitrogens with zero attached hydrogens (tertiary/aromatic N) is 4. The van der Waals surface area contributed by atoms with Crippen LogP contribution in [0.5, 0.6) is 0 Å². The number of aliphatic imine (C=N–C) groups is 1. The predicted molar refractivity (Wildman–Crippen MR) is 126 cm³/mol. The molecule has 0 atom stereocenters. The number of sulfonamides is 1. The Morgan fingerprint density at radius 1 is 1.13 bits per heavy atom. The number of rotatable bonds is 6. The summed E-state index contributed by atoms with van der Waals surface area (Å²) in [6.07, 6.45) is 2.84. The summed E-state index contributed by atoms with van der Waals surface area (Å²) in [5.41, 5.74) is 0.999. The monoisotopic (exact) mass is 548 g/mol. The first-order valence-electron chi connectivity index (χ1n) is 9.35. The van der Waals surface area contributed by atoms with Gasteiger partial charge >= 0.3 is 0 Å². The normalized spacial score (nSPS) is 14.9. The van der Waals surface area contributed by atoms with Gasteiger partial charge in [-0.1, -0.05) is 0 Å². The predicted octanol–water partition coefficient (Wildman–Crippen LogP) is 1.51. The fourth-order valence-electron chi connectivity index (χ4n) is 3.11. The zero-order valence-corrected chi connectivity index (χ0v) is 19.8. The summed E-state index contributed by atoms with van der Waals surface area (Å²) in [4.78, 5) is 12.6. The standard InChI is InChI=1S/C19H25FN6O2S.HI/c1-21-19(23-9-10-24-29(27,28)18-3-2-8-22-15-18)26-13-11-25(12-14-26)17-6-4-16(20)5-7-17;/h2-8,15,24H,9-14H2,1H3,(H,21,23);1H. The van der Waals surface area contributed by atoms with Crippen LogP contribution >= 0.6 is 24.0 Å². The van der Waals surface area contributed by atoms with Crippen molar-refractivity contribution in [2.45, 2.75) is 4.90 Å². The van der Waals surface area contributed by atoms with Crippen molar-refractivity contribution >= 4 is 45.6 Å². The fourth-order valence-corrected chi connectivity index (χ4v) is 4.10. The van der Waals surface area contributed by atoms with Gasteiger partial charge in [-0.3, -0.25) is 9.98 Å². The van der Waals surface area contributed by atoms with Crippen molar-refractivity contribution in [3.8, 4) is 0 Å². The van der Waals surface area contributed by atoms with Gasteiger partial charge in [0, 0.05) is 64.4 Å². The quantitative estimate of drug-likeness (QED) is 0.246. The van der Waals surface area contributed by atoms with Crippen LogP contribution in [-0.4, -0.2) is 70.6 Å². The van der Waals surface area contributed by atoms with Gasteiger partial charge in [-0.05, 0) is 36.4 Å². The number of guanidine groups is 1. The lowest BCUT2D eigenvalue weighted by atomic mass is 10.2. The first-order chi connectivity index (χ1) is 14.0. The Balaban J connectivity index is 0.00000320. The maximum atomic E-state index is 13.1. The zero-order chi connectivity index (χ0) is 20.7. The maximum absolute atomic E-state index is 13.1. The van der Waals surface area contributed by atoms with E-state index in [-0.39, 0.29) is 41.2 Å². The molecule has 0 aliphatic carbocycles. The van der Waals surface area contributed by atoms with E-state index in [9.17, 15) is 12.8 Å². The van der Waals surface area contributed by atoms with Crippen molar-refractivity contribution in [1.82, 2.24) is 19.9 Å². The second-order valence-electron chi connectivity index (χ2n) is 6.51. The number of hydrogen-bond acceptors (Lipinski definition) is 5. The third-order valence-corrected chi connectivity index (χ3v) is 6.07. The average molecular weight is 548 g/mol. The third-order valence-electron chi connectivity index (χ3n) is 4.63. The van der Waals surface area contributed by atoms with Gasteiger partial charge in [-0.15, -0.1) is 24.0 Å². The molecule has 2 heterocycles. The molecular weight excluding hydrogens is 522 g/mol. The third kappa shape index (κ3) is 6.51. The van der Waals surface area contributed by atoms with E-state index in [1.807, 2.05) is 0 Å². The number of halogens is 2. The van der Waals surface area contributed by atoms with Gasteiger partial charge in [-0.2, -0.15) is 0 Å². The van der Waals surface area contributed by atoms with E-state index < -0.39 is 10.0 Å². The Kier molecular flexibility index (Phi) is 9.24. The minimum absolute atomic E-state index is 0. The van der Waals surface area contributed by atoms with Crippen molar-refractivity contribution in [2.75, 3.05) is 51.2 Å². The van der Waals surface area contributed by atoms with Gasteiger partial charge in [0.25, 0.3) is 0 Å². The SMILES string of the molecule is CN=C(NCCNS(=O)(=O)c1cccnc1)N1CCN(c2ccc(F)cc2)CC1.I. The molecule has 0 amide bonds. The topological polar surface area (TPSA) is 89.9 Å². The zero-order valence-electron chi connectivity index (χ0n) is 16.7. The second-order valence-corrected chi connectivity index (χ2v) is 8.28. The van der Waals surface area contributed by atoms with E-state index in [0.29, 0.717) is 6.54 Å². The van der Waals surface area contributed by atoms with Crippen LogP contribution in [0.3, 0.4) is 0 Å². The van der Waals surface area contributed by atoms with Crippen LogP contribution in [0.15, 0.2) is 58.7 Å². The van der Waals surface area contributed by atoms with Crippen LogP contribution in [0.25, 0.3) is 0 Å². The number of piperazine rings is 1. The number of pyridine rings is 1. The summed E-state index contributed by atoms with van der Waals surface area (Å²) in [6.45, 7) is 3.74. The molecule has 1 saturated heterocycles. The molecule has 1 aromatic heterocycles. The molecule has 30 heavy (non-hydrogen) atoms. The molecule has 11 heteroatoms. The van der Waals surface area contributed by atoms with Crippen LogP contribution < -0.4 is 14.9 Å². The van der Waals surface area contributed by atoms with Crippen LogP contribution in [0.4, 0.5) is 10.1 Å². The minimum Gasteiger partial charge on any atom is -0.368 e. The first kappa shape index (κ1) is 24.3. The van der Waals surface area contributed by atoms with E-state index in [1.165, 1.54) is 30.6 Å². The molecule has 8 nitrogen and oxygen atoms in total. The molecular formula is C19H26FIN6O2S. The van der Waals surface area contributed by atoms with E-state index in [1.54, 1.807) is 25.2 Å². The molecule has 0 spiro atoms. The minimum atomic E-state index is -3.57. The number of hydrogen-bond donors (Lipinski definition) is 2. The van der Waals surface area contributed by atoms with Gasteiger partial charge in [0.15, 0.2) is 5.96 Å². The van der Waals surface area contributed by atoms with Gasteiger partial charge in [-0.25, -0.2) is 17.5 Å². The van der Waals surface area contributed by atoms with E-state index in [4.69, 9.17) is 0 Å². The largest absolute Gasteiger partial charge is 0.368 e. The van der Waals surface area contributed by atoms with Crippen LogP contribution in [-0.2, 0) is 10.0 Å². The van der Waals surface area contributed by atoms with Gasteiger partial charge in [0.2, 0.25) is 10.0 Å². The molecule has 164 valence electrons. The molecule has 1 aromatic carbocycles. The van der Waals surface area contributed by atoms with Gasteiger partial charge < -0.3 is 15.1 Å². The Hall–Kier alpha value is -1.99. The van der Waals surface area contributed by atoms with Crippen molar-refractivity contribution in [3.05, 3.63) is 54.6 Å². The van der Waals surface area contributed by atoms with Crippen LogP contribution in [0.1, 0.15) is 0 Å². The highest BCUT2D eigenvalue weighted by Gasteiger charge is 2.20. The molecule has 2 aromatic rings. The molecule has 3 rings (SSSR count). The molecule has 0 bridgehead atoms. The molecule has 0 saturated carbocycles. The molecule has 2 N–H and O–H groups in total. The number of anilines is 1. The Labute approximate surface area is 193 Å². The van der Waals surface area contributed by atoms with E-state index >= 15 is 0 Å². The highest BCUT2D eigenvalue weighted by atomic mass is 127. The molecule has 0 unspecified atom stereocenters. The lowest BCUT2D eigenvalue weighted by Crippen LogP contribution is -2.53. The lowest BCUT2D eigenvalue weighted by Gasteiger charge is -2.37. The number of aromatic nitrogens is 1. The Morgan fingerprint density at radius 2 is 1.83 bits per heavy atom. The van der Waals surface area contributed by atoms with Gasteiger partial charge in [0.1, 0.15) is 10.7 Å². The number of benzene rings is 1. The van der Waals surface area contributed by atoms with Crippen LogP contribution in [0.2, 0.25) is 0 Å². The molecule has 1 aliphatic rings. The summed E-state index contributed by atoms with van der Waals surface area (Å²) in [5, 5.41) is 3.19. The van der Waals surface area contributed by atoms with Crippen molar-refractivity contribution < 1.29 is 12.8 Å². The van der Waals surface area contributed by atoms with Gasteiger partial charge in [0.05, 0.1) is 0 Å². The fraction of sp³-hybridized carbons (Fsp3) is 0.368. The first-order valence-corrected chi connectivity index (χ1v) is 10.8. The van der Waals surface area contributed by atoms with Crippen molar-refractivity contribution in [1.29, 1.82) is 0 Å². The molecule has 1 aliphatic heterocycles. The van der Waals surface area contributed by atoms with Crippen molar-refractivity contribution in [2.24, 2.45) is 4.99 Å². The number of nitrogens with one attached hydrogen (secondary N) is 2. The molecule has 1 fully saturated rings. The van der Waals surface area contributed by atoms with E-state index in [2.05, 4.69) is 29.8 Å².